The van der Waals surface area contributed by atoms with Crippen LogP contribution in [0.5, 0.6) is 0 Å². The number of pyridine rings is 1. The van der Waals surface area contributed by atoms with Crippen molar-refractivity contribution in [1.82, 2.24) is 20.5 Å². The molecule has 0 aromatic carbocycles. The normalized spacial score (nSPS) is 16.3. The minimum atomic E-state index is 0.217. The third-order valence-electron chi connectivity index (χ3n) is 5.75. The number of hydrogen-bond donors (Lipinski definition) is 2. The van der Waals surface area contributed by atoms with E-state index in [4.69, 9.17) is 4.42 Å². The third kappa shape index (κ3) is 5.98. The van der Waals surface area contributed by atoms with Crippen LogP contribution in [0.25, 0.3) is 0 Å². The van der Waals surface area contributed by atoms with Crippen LogP contribution in [0.15, 0.2) is 46.1 Å². The zero-order valence-electron chi connectivity index (χ0n) is 18.6. The molecule has 0 bridgehead atoms. The summed E-state index contributed by atoms with van der Waals surface area (Å²) in [6, 6.07) is 8.46. The highest BCUT2D eigenvalue weighted by Crippen LogP contribution is 2.24. The summed E-state index contributed by atoms with van der Waals surface area (Å²) in [4.78, 5) is 13.7. The SMILES string of the molecule is CCN(CC)c1ccc(CNC(=NC)NCC(c2ccco2)N2CCCCC2)cn1. The van der Waals surface area contributed by atoms with E-state index in [1.54, 1.807) is 13.3 Å². The molecular formula is C23H36N6O. The van der Waals surface area contributed by atoms with Gasteiger partial charge in [-0.25, -0.2) is 4.98 Å². The fraction of sp³-hybridized carbons (Fsp3) is 0.565. The number of piperidine rings is 1. The van der Waals surface area contributed by atoms with Crippen molar-refractivity contribution in [3.8, 4) is 0 Å². The number of guanidine groups is 1. The lowest BCUT2D eigenvalue weighted by atomic mass is 10.1. The van der Waals surface area contributed by atoms with E-state index in [-0.39, 0.29) is 6.04 Å². The number of aromatic nitrogens is 1. The zero-order valence-corrected chi connectivity index (χ0v) is 18.6. The van der Waals surface area contributed by atoms with E-state index in [1.807, 2.05) is 12.3 Å². The van der Waals surface area contributed by atoms with Gasteiger partial charge in [-0.15, -0.1) is 0 Å². The van der Waals surface area contributed by atoms with Crippen molar-refractivity contribution in [2.45, 2.75) is 45.7 Å². The molecule has 3 heterocycles. The molecule has 0 radical (unpaired) electrons. The Labute approximate surface area is 180 Å². The molecule has 2 aromatic heterocycles. The van der Waals surface area contributed by atoms with Crippen LogP contribution in [-0.4, -0.2) is 55.6 Å². The highest BCUT2D eigenvalue weighted by atomic mass is 16.3. The number of hydrogen-bond acceptors (Lipinski definition) is 5. The summed E-state index contributed by atoms with van der Waals surface area (Å²) >= 11 is 0. The predicted molar refractivity (Wildman–Crippen MR) is 123 cm³/mol. The largest absolute Gasteiger partial charge is 0.468 e. The second-order valence-corrected chi connectivity index (χ2v) is 7.63. The van der Waals surface area contributed by atoms with Crippen LogP contribution < -0.4 is 15.5 Å². The van der Waals surface area contributed by atoms with Gasteiger partial charge in [0.05, 0.1) is 12.3 Å². The second kappa shape index (κ2) is 11.6. The number of nitrogens with zero attached hydrogens (tertiary/aromatic N) is 4. The predicted octanol–water partition coefficient (Wildman–Crippen LogP) is 3.41. The maximum Gasteiger partial charge on any atom is 0.191 e. The topological polar surface area (TPSA) is 68.9 Å². The van der Waals surface area contributed by atoms with E-state index in [2.05, 4.69) is 62.5 Å². The Hall–Kier alpha value is -2.54. The van der Waals surface area contributed by atoms with Crippen LogP contribution in [0.2, 0.25) is 0 Å². The van der Waals surface area contributed by atoms with Gasteiger partial charge in [0.15, 0.2) is 5.96 Å². The Morgan fingerprint density at radius 1 is 1.17 bits per heavy atom. The standard InChI is InChI=1S/C23H36N6O/c1-4-28(5-2)22-12-11-19(16-25-22)17-26-23(24-3)27-18-20(21-10-9-15-30-21)29-13-7-6-8-14-29/h9-12,15-16,20H,4-8,13-14,17-18H2,1-3H3,(H2,24,26,27). The van der Waals surface area contributed by atoms with Gasteiger partial charge in [0.2, 0.25) is 0 Å². The lowest BCUT2D eigenvalue weighted by molar-refractivity contribution is 0.146. The van der Waals surface area contributed by atoms with E-state index in [1.165, 1.54) is 19.3 Å². The molecule has 0 amide bonds. The average molecular weight is 413 g/mol. The van der Waals surface area contributed by atoms with Gasteiger partial charge in [-0.1, -0.05) is 12.5 Å². The number of furan rings is 1. The molecule has 0 saturated carbocycles. The summed E-state index contributed by atoms with van der Waals surface area (Å²) in [5.74, 6) is 2.82. The van der Waals surface area contributed by atoms with E-state index in [0.29, 0.717) is 6.54 Å². The molecule has 7 nitrogen and oxygen atoms in total. The average Bonchev–Trinajstić information content (AvgIpc) is 3.33. The summed E-state index contributed by atoms with van der Waals surface area (Å²) in [6.07, 6.45) is 7.52. The van der Waals surface area contributed by atoms with Crippen LogP contribution >= 0.6 is 0 Å². The summed E-state index contributed by atoms with van der Waals surface area (Å²) in [5.41, 5.74) is 1.13. The molecule has 1 aliphatic rings. The quantitative estimate of drug-likeness (QED) is 0.486. The van der Waals surface area contributed by atoms with Gasteiger partial charge in [-0.2, -0.15) is 0 Å². The monoisotopic (exact) mass is 412 g/mol. The molecule has 1 unspecified atom stereocenters. The van der Waals surface area contributed by atoms with Gasteiger partial charge in [-0.3, -0.25) is 9.89 Å². The number of nitrogens with one attached hydrogen (secondary N) is 2. The Bertz CT molecular complexity index is 749. The Balaban J connectivity index is 1.54. The molecule has 7 heteroatoms. The number of aliphatic imine (C=N–C) groups is 1. The van der Waals surface area contributed by atoms with Crippen molar-refractivity contribution >= 4 is 11.8 Å². The minimum absolute atomic E-state index is 0.217. The van der Waals surface area contributed by atoms with Gasteiger partial charge in [-0.05, 0) is 63.5 Å². The summed E-state index contributed by atoms with van der Waals surface area (Å²) in [6.45, 7) is 9.89. The second-order valence-electron chi connectivity index (χ2n) is 7.63. The van der Waals surface area contributed by atoms with Gasteiger partial charge < -0.3 is 20.0 Å². The summed E-state index contributed by atoms with van der Waals surface area (Å²) in [5, 5.41) is 6.88. The summed E-state index contributed by atoms with van der Waals surface area (Å²) in [7, 11) is 1.81. The maximum atomic E-state index is 5.74. The van der Waals surface area contributed by atoms with Gasteiger partial charge in [0, 0.05) is 39.4 Å². The van der Waals surface area contributed by atoms with Crippen LogP contribution in [0.3, 0.4) is 0 Å². The highest BCUT2D eigenvalue weighted by molar-refractivity contribution is 5.79. The van der Waals surface area contributed by atoms with Gasteiger partial charge in [0.25, 0.3) is 0 Å². The number of likely N-dealkylation sites (tertiary alicyclic amines) is 1. The molecule has 1 fully saturated rings. The van der Waals surface area contributed by atoms with Crippen molar-refractivity contribution in [1.29, 1.82) is 0 Å². The van der Waals surface area contributed by atoms with Crippen molar-refractivity contribution < 1.29 is 4.42 Å². The van der Waals surface area contributed by atoms with Gasteiger partial charge >= 0.3 is 0 Å². The molecule has 1 saturated heterocycles. The summed E-state index contributed by atoms with van der Waals surface area (Å²) < 4.78 is 5.74. The Morgan fingerprint density at radius 3 is 2.57 bits per heavy atom. The van der Waals surface area contributed by atoms with E-state index < -0.39 is 0 Å². The first-order valence-corrected chi connectivity index (χ1v) is 11.2. The molecule has 30 heavy (non-hydrogen) atoms. The Kier molecular flexibility index (Phi) is 8.56. The van der Waals surface area contributed by atoms with Gasteiger partial charge in [0.1, 0.15) is 11.6 Å². The number of rotatable bonds is 9. The fourth-order valence-electron chi connectivity index (χ4n) is 3.98. The third-order valence-corrected chi connectivity index (χ3v) is 5.75. The first kappa shape index (κ1) is 22.2. The molecule has 2 N–H and O–H groups in total. The van der Waals surface area contributed by atoms with E-state index in [0.717, 1.165) is 55.8 Å². The Morgan fingerprint density at radius 2 is 1.97 bits per heavy atom. The minimum Gasteiger partial charge on any atom is -0.468 e. The lowest BCUT2D eigenvalue weighted by Gasteiger charge is -2.33. The first-order chi connectivity index (χ1) is 14.7. The number of anilines is 1. The molecule has 1 atom stereocenters. The smallest absolute Gasteiger partial charge is 0.191 e. The molecular weight excluding hydrogens is 376 g/mol. The molecule has 2 aromatic rings. The molecule has 164 valence electrons. The first-order valence-electron chi connectivity index (χ1n) is 11.2. The molecule has 0 aliphatic carbocycles. The lowest BCUT2D eigenvalue weighted by Crippen LogP contribution is -2.44. The van der Waals surface area contributed by atoms with Crippen LogP contribution in [0.1, 0.15) is 50.5 Å². The van der Waals surface area contributed by atoms with E-state index >= 15 is 0 Å². The van der Waals surface area contributed by atoms with Crippen molar-refractivity contribution in [2.75, 3.05) is 44.7 Å². The zero-order chi connectivity index (χ0) is 21.2. The molecule has 1 aliphatic heterocycles. The van der Waals surface area contributed by atoms with Crippen molar-refractivity contribution in [3.63, 3.8) is 0 Å². The van der Waals surface area contributed by atoms with Crippen LogP contribution in [0, 0.1) is 0 Å². The molecule has 0 spiro atoms. The van der Waals surface area contributed by atoms with E-state index in [9.17, 15) is 0 Å². The molecule has 3 rings (SSSR count). The van der Waals surface area contributed by atoms with Crippen LogP contribution in [-0.2, 0) is 6.54 Å². The maximum absolute atomic E-state index is 5.74. The highest BCUT2D eigenvalue weighted by Gasteiger charge is 2.24. The van der Waals surface area contributed by atoms with Crippen LogP contribution in [0.4, 0.5) is 5.82 Å². The van der Waals surface area contributed by atoms with Crippen molar-refractivity contribution in [2.24, 2.45) is 4.99 Å². The fourth-order valence-corrected chi connectivity index (χ4v) is 3.98. The van der Waals surface area contributed by atoms with Crippen molar-refractivity contribution in [3.05, 3.63) is 48.0 Å².